The third-order valence-electron chi connectivity index (χ3n) is 4.62. The predicted molar refractivity (Wildman–Crippen MR) is 79.2 cm³/mol. The van der Waals surface area contributed by atoms with Crippen LogP contribution in [-0.4, -0.2) is 46.2 Å². The van der Waals surface area contributed by atoms with E-state index in [4.69, 9.17) is 0 Å². The molecule has 0 aliphatic carbocycles. The minimum absolute atomic E-state index is 0.826. The Labute approximate surface area is 123 Å². The Bertz CT molecular complexity index is 735. The van der Waals surface area contributed by atoms with Crippen molar-refractivity contribution >= 4 is 11.5 Å². The largest absolute Gasteiger partial charge is 0.357 e. The van der Waals surface area contributed by atoms with Crippen LogP contribution in [0.5, 0.6) is 0 Å². The summed E-state index contributed by atoms with van der Waals surface area (Å²) in [6.07, 6.45) is 5.04. The van der Waals surface area contributed by atoms with Gasteiger partial charge in [-0.05, 0) is 31.9 Å². The van der Waals surface area contributed by atoms with Crippen LogP contribution < -0.4 is 4.90 Å². The van der Waals surface area contributed by atoms with Gasteiger partial charge in [0, 0.05) is 31.7 Å². The Morgan fingerprint density at radius 1 is 1.19 bits per heavy atom. The van der Waals surface area contributed by atoms with E-state index in [0.29, 0.717) is 0 Å². The molecule has 0 spiro atoms. The number of hydrogen-bond donors (Lipinski definition) is 0. The minimum Gasteiger partial charge on any atom is -0.357 e. The average Bonchev–Trinajstić information content (AvgIpc) is 3.17. The van der Waals surface area contributed by atoms with E-state index >= 15 is 0 Å². The molecule has 0 atom stereocenters. The van der Waals surface area contributed by atoms with E-state index in [1.807, 2.05) is 4.40 Å². The normalized spacial score (nSPS) is 19.0. The second-order valence-electron chi connectivity index (χ2n) is 5.97. The molecule has 0 bridgehead atoms. The Morgan fingerprint density at radius 3 is 2.76 bits per heavy atom. The summed E-state index contributed by atoms with van der Waals surface area (Å²) < 4.78 is 2.02. The molecule has 0 amide bonds. The summed E-state index contributed by atoms with van der Waals surface area (Å²) in [6, 6.07) is 2.46. The summed E-state index contributed by atoms with van der Waals surface area (Å²) >= 11 is 0. The molecule has 4 rings (SSSR count). The molecule has 0 N–H and O–H groups in total. The van der Waals surface area contributed by atoms with Crippen molar-refractivity contribution in [3.05, 3.63) is 23.0 Å². The molecule has 4 heterocycles. The topological polar surface area (TPSA) is 60.5 Å². The second kappa shape index (κ2) is 4.71. The highest BCUT2D eigenvalue weighted by Crippen LogP contribution is 2.33. The van der Waals surface area contributed by atoms with Gasteiger partial charge in [-0.1, -0.05) is 0 Å². The third kappa shape index (κ3) is 1.81. The van der Waals surface area contributed by atoms with Crippen molar-refractivity contribution in [2.45, 2.75) is 25.8 Å². The molecule has 1 fully saturated rings. The van der Waals surface area contributed by atoms with Gasteiger partial charge >= 0.3 is 0 Å². The molecular weight excluding hydrogens is 264 g/mol. The van der Waals surface area contributed by atoms with Crippen molar-refractivity contribution in [1.82, 2.24) is 19.5 Å². The van der Waals surface area contributed by atoms with Gasteiger partial charge in [0.25, 0.3) is 0 Å². The first-order valence-corrected chi connectivity index (χ1v) is 7.50. The third-order valence-corrected chi connectivity index (χ3v) is 4.62. The smallest absolute Gasteiger partial charge is 0.167 e. The van der Waals surface area contributed by atoms with E-state index < -0.39 is 0 Å². The first-order chi connectivity index (χ1) is 10.3. The maximum atomic E-state index is 9.75. The number of hydrogen-bond acceptors (Lipinski definition) is 5. The van der Waals surface area contributed by atoms with Crippen molar-refractivity contribution in [3.8, 4) is 6.07 Å². The molecule has 2 aromatic rings. The van der Waals surface area contributed by atoms with Gasteiger partial charge in [-0.25, -0.2) is 0 Å². The molecule has 0 saturated carbocycles. The van der Waals surface area contributed by atoms with Crippen LogP contribution in [0.2, 0.25) is 0 Å². The van der Waals surface area contributed by atoms with E-state index in [-0.39, 0.29) is 0 Å². The zero-order chi connectivity index (χ0) is 14.4. The summed E-state index contributed by atoms with van der Waals surface area (Å²) in [4.78, 5) is 4.58. The van der Waals surface area contributed by atoms with E-state index in [2.05, 4.69) is 33.1 Å². The zero-order valence-corrected chi connectivity index (χ0v) is 12.2. The van der Waals surface area contributed by atoms with Crippen LogP contribution in [0.1, 0.15) is 29.5 Å². The van der Waals surface area contributed by atoms with Crippen molar-refractivity contribution < 1.29 is 0 Å². The number of nitriles is 1. The standard InChI is InChI=1S/C15H18N6/c1-19-7-4-11-12(8-16)15(20-5-2-3-6-20)21-10-17-18-14(21)13(11)9-19/h10H,2-7,9H2,1H3. The van der Waals surface area contributed by atoms with Gasteiger partial charge in [-0.3, -0.25) is 4.40 Å². The predicted octanol–water partition coefficient (Wildman–Crippen LogP) is 1.19. The fourth-order valence-electron chi connectivity index (χ4n) is 3.59. The number of rotatable bonds is 1. The van der Waals surface area contributed by atoms with Gasteiger partial charge in [0.1, 0.15) is 18.2 Å². The fraction of sp³-hybridized carbons (Fsp3) is 0.533. The summed E-state index contributed by atoms with van der Waals surface area (Å²) in [5.74, 6) is 0.998. The number of fused-ring (bicyclic) bond motifs is 3. The summed E-state index contributed by atoms with van der Waals surface area (Å²) in [5.41, 5.74) is 4.09. The van der Waals surface area contributed by atoms with Crippen LogP contribution in [0.3, 0.4) is 0 Å². The van der Waals surface area contributed by atoms with Gasteiger partial charge in [-0.15, -0.1) is 10.2 Å². The van der Waals surface area contributed by atoms with E-state index in [9.17, 15) is 5.26 Å². The van der Waals surface area contributed by atoms with Gasteiger partial charge in [0.05, 0.1) is 5.56 Å². The molecule has 0 radical (unpaired) electrons. The Hall–Kier alpha value is -2.13. The molecule has 6 heteroatoms. The van der Waals surface area contributed by atoms with Crippen LogP contribution in [0.4, 0.5) is 5.82 Å². The molecule has 108 valence electrons. The number of nitrogens with zero attached hydrogens (tertiary/aromatic N) is 6. The molecule has 2 aromatic heterocycles. The second-order valence-corrected chi connectivity index (χ2v) is 5.97. The molecule has 21 heavy (non-hydrogen) atoms. The van der Waals surface area contributed by atoms with E-state index in [1.165, 1.54) is 24.0 Å². The number of aromatic nitrogens is 3. The first-order valence-electron chi connectivity index (χ1n) is 7.50. The lowest BCUT2D eigenvalue weighted by molar-refractivity contribution is 0.313. The number of anilines is 1. The van der Waals surface area contributed by atoms with Gasteiger partial charge in [0.2, 0.25) is 0 Å². The van der Waals surface area contributed by atoms with Crippen LogP contribution in [-0.2, 0) is 13.0 Å². The van der Waals surface area contributed by atoms with Crippen LogP contribution in [0, 0.1) is 11.3 Å². The van der Waals surface area contributed by atoms with Crippen LogP contribution in [0.15, 0.2) is 6.33 Å². The Kier molecular flexibility index (Phi) is 2.82. The molecule has 6 nitrogen and oxygen atoms in total. The highest BCUT2D eigenvalue weighted by molar-refractivity contribution is 5.69. The molecule has 2 aliphatic heterocycles. The first kappa shape index (κ1) is 12.6. The van der Waals surface area contributed by atoms with Crippen molar-refractivity contribution in [2.24, 2.45) is 0 Å². The lowest BCUT2D eigenvalue weighted by Crippen LogP contribution is -2.30. The summed E-state index contributed by atoms with van der Waals surface area (Å²) in [7, 11) is 2.11. The molecule has 2 aliphatic rings. The Balaban J connectivity index is 2.02. The van der Waals surface area contributed by atoms with Crippen molar-refractivity contribution in [3.63, 3.8) is 0 Å². The van der Waals surface area contributed by atoms with Crippen molar-refractivity contribution in [1.29, 1.82) is 5.26 Å². The summed E-state index contributed by atoms with van der Waals surface area (Å²) in [5, 5.41) is 18.2. The molecule has 1 saturated heterocycles. The van der Waals surface area contributed by atoms with Gasteiger partial charge in [0.15, 0.2) is 5.65 Å². The number of likely N-dealkylation sites (N-methyl/N-ethyl adjacent to an activating group) is 1. The minimum atomic E-state index is 0.826. The lowest BCUT2D eigenvalue weighted by Gasteiger charge is -2.29. The maximum Gasteiger partial charge on any atom is 0.167 e. The van der Waals surface area contributed by atoms with Crippen LogP contribution >= 0.6 is 0 Å². The average molecular weight is 282 g/mol. The highest BCUT2D eigenvalue weighted by atomic mass is 15.3. The van der Waals surface area contributed by atoms with Gasteiger partial charge in [-0.2, -0.15) is 5.26 Å². The monoisotopic (exact) mass is 282 g/mol. The highest BCUT2D eigenvalue weighted by Gasteiger charge is 2.28. The maximum absolute atomic E-state index is 9.75. The molecular formula is C15H18N6. The van der Waals surface area contributed by atoms with Gasteiger partial charge < -0.3 is 9.80 Å². The fourth-order valence-corrected chi connectivity index (χ4v) is 3.59. The number of pyridine rings is 1. The molecule has 0 unspecified atom stereocenters. The quantitative estimate of drug-likeness (QED) is 0.786. The lowest BCUT2D eigenvalue weighted by atomic mass is 9.96. The van der Waals surface area contributed by atoms with E-state index in [1.54, 1.807) is 6.33 Å². The van der Waals surface area contributed by atoms with E-state index in [0.717, 1.165) is 49.6 Å². The molecule has 0 aromatic carbocycles. The zero-order valence-electron chi connectivity index (χ0n) is 12.2. The SMILES string of the molecule is CN1CCc2c(C#N)c(N3CCCC3)n3cnnc3c2C1. The Morgan fingerprint density at radius 2 is 2.00 bits per heavy atom. The van der Waals surface area contributed by atoms with Crippen LogP contribution in [0.25, 0.3) is 5.65 Å². The van der Waals surface area contributed by atoms with Crippen molar-refractivity contribution in [2.75, 3.05) is 31.6 Å². The summed E-state index contributed by atoms with van der Waals surface area (Å²) in [6.45, 7) is 3.86.